The summed E-state index contributed by atoms with van der Waals surface area (Å²) in [6, 6.07) is 3.01. The lowest BCUT2D eigenvalue weighted by atomic mass is 10.1. The highest BCUT2D eigenvalue weighted by atomic mass is 35.5. The van der Waals surface area contributed by atoms with Gasteiger partial charge in [-0.05, 0) is 57.4 Å². The Hall–Kier alpha value is -4.44. The lowest BCUT2D eigenvalue weighted by Crippen LogP contribution is -2.51. The highest BCUT2D eigenvalue weighted by molar-refractivity contribution is 6.32. The van der Waals surface area contributed by atoms with E-state index in [1.54, 1.807) is 11.1 Å². The minimum atomic E-state index is -4.54. The minimum Gasteiger partial charge on any atom is -0.444 e. The summed E-state index contributed by atoms with van der Waals surface area (Å²) in [5.74, 6) is 0.718. The molecule has 3 aromatic heterocycles. The van der Waals surface area contributed by atoms with E-state index in [9.17, 15) is 22.8 Å². The summed E-state index contributed by atoms with van der Waals surface area (Å²) in [6.07, 6.45) is -0.449. The molecule has 0 radical (unpaired) electrons. The average molecular weight is 690 g/mol. The molecule has 0 unspecified atom stereocenters. The molecule has 2 aliphatic rings. The number of carbonyl (C=O) groups is 1. The van der Waals surface area contributed by atoms with E-state index in [1.165, 1.54) is 15.3 Å². The summed E-state index contributed by atoms with van der Waals surface area (Å²) in [7, 11) is 0. The first kappa shape index (κ1) is 33.5. The Morgan fingerprint density at radius 3 is 2.50 bits per heavy atom. The predicted molar refractivity (Wildman–Crippen MR) is 171 cm³/mol. The quantitative estimate of drug-likeness (QED) is 0.285. The second kappa shape index (κ2) is 12.9. The molecule has 1 amide bonds. The Bertz CT molecular complexity index is 1940. The summed E-state index contributed by atoms with van der Waals surface area (Å²) in [5.41, 5.74) is 0.809. The maximum atomic E-state index is 14.2. The van der Waals surface area contributed by atoms with Crippen molar-refractivity contribution in [3.63, 3.8) is 0 Å². The molecule has 0 saturated carbocycles. The zero-order chi connectivity index (χ0) is 34.4. The summed E-state index contributed by atoms with van der Waals surface area (Å²) in [5, 5.41) is 12.9. The number of ether oxygens (including phenoxy) is 2. The number of benzene rings is 1. The Morgan fingerprint density at radius 2 is 1.88 bits per heavy atom. The number of fused-ring (bicyclic) bond motifs is 1. The van der Waals surface area contributed by atoms with Crippen LogP contribution < -0.4 is 10.5 Å². The second-order valence-corrected chi connectivity index (χ2v) is 12.9. The maximum absolute atomic E-state index is 14.2. The molecule has 6 rings (SSSR count). The van der Waals surface area contributed by atoms with Gasteiger partial charge in [0.15, 0.2) is 5.82 Å². The van der Waals surface area contributed by atoms with Gasteiger partial charge in [0, 0.05) is 26.2 Å². The van der Waals surface area contributed by atoms with E-state index in [0.717, 1.165) is 17.7 Å². The number of halogens is 4. The van der Waals surface area contributed by atoms with E-state index in [4.69, 9.17) is 26.1 Å². The van der Waals surface area contributed by atoms with Crippen molar-refractivity contribution in [3.05, 3.63) is 68.6 Å². The Balaban J connectivity index is 1.39. The van der Waals surface area contributed by atoms with Gasteiger partial charge in [-0.2, -0.15) is 22.7 Å². The number of rotatable bonds is 6. The van der Waals surface area contributed by atoms with Crippen LogP contribution in [0.4, 0.5) is 23.7 Å². The van der Waals surface area contributed by atoms with Crippen molar-refractivity contribution in [2.24, 2.45) is 0 Å². The number of aromatic nitrogens is 7. The first-order valence-corrected chi connectivity index (χ1v) is 15.9. The van der Waals surface area contributed by atoms with Crippen molar-refractivity contribution in [1.82, 2.24) is 39.1 Å². The Kier molecular flexibility index (Phi) is 8.98. The van der Waals surface area contributed by atoms with Crippen molar-refractivity contribution in [3.8, 4) is 5.69 Å². The SMILES string of the molecule is CCc1c(N2CCN(C(=O)OC(C)(C)C)CC2)c(=O)n2nc(C3=CCOCC3)nc2n1Cc1cn(-c2ccc(C(F)(F)F)cc2Cl)nn1. The van der Waals surface area contributed by atoms with Crippen molar-refractivity contribution < 1.29 is 27.4 Å². The van der Waals surface area contributed by atoms with Gasteiger partial charge in [-0.15, -0.1) is 10.2 Å². The van der Waals surface area contributed by atoms with Crippen LogP contribution in [-0.4, -0.2) is 90.1 Å². The average Bonchev–Trinajstić information content (AvgIpc) is 3.70. The van der Waals surface area contributed by atoms with Gasteiger partial charge in [0.25, 0.3) is 5.56 Å². The van der Waals surface area contributed by atoms with Crippen molar-refractivity contribution in [2.45, 2.75) is 58.9 Å². The number of amides is 1. The number of hydrogen-bond acceptors (Lipinski definition) is 9. The number of anilines is 1. The molecule has 1 fully saturated rings. The zero-order valence-electron chi connectivity index (χ0n) is 26.9. The van der Waals surface area contributed by atoms with E-state index in [0.29, 0.717) is 80.9 Å². The van der Waals surface area contributed by atoms with Crippen LogP contribution in [0, 0.1) is 0 Å². The molecule has 1 saturated heterocycles. The van der Waals surface area contributed by atoms with Gasteiger partial charge >= 0.3 is 12.3 Å². The van der Waals surface area contributed by atoms with Crippen LogP contribution in [0.1, 0.15) is 56.9 Å². The predicted octanol–water partition coefficient (Wildman–Crippen LogP) is 4.62. The van der Waals surface area contributed by atoms with Crippen LogP contribution in [0.25, 0.3) is 17.0 Å². The van der Waals surface area contributed by atoms with E-state index in [-0.39, 0.29) is 22.8 Å². The van der Waals surface area contributed by atoms with Crippen molar-refractivity contribution >= 4 is 34.7 Å². The smallest absolute Gasteiger partial charge is 0.416 e. The fourth-order valence-electron chi connectivity index (χ4n) is 5.75. The van der Waals surface area contributed by atoms with E-state index in [1.807, 2.05) is 43.2 Å². The summed E-state index contributed by atoms with van der Waals surface area (Å²) < 4.78 is 55.1. The Labute approximate surface area is 278 Å². The molecular weight excluding hydrogens is 655 g/mol. The molecule has 0 atom stereocenters. The van der Waals surface area contributed by atoms with Crippen LogP contribution in [-0.2, 0) is 28.6 Å². The molecule has 0 bridgehead atoms. The topological polar surface area (TPSA) is 125 Å². The molecule has 0 N–H and O–H groups in total. The van der Waals surface area contributed by atoms with Crippen LogP contribution in [0.15, 0.2) is 35.3 Å². The molecule has 17 heteroatoms. The molecule has 5 heterocycles. The van der Waals surface area contributed by atoms with Gasteiger partial charge in [-0.25, -0.2) is 9.48 Å². The molecule has 4 aromatic rings. The highest BCUT2D eigenvalue weighted by Gasteiger charge is 2.32. The van der Waals surface area contributed by atoms with Gasteiger partial charge < -0.3 is 23.8 Å². The summed E-state index contributed by atoms with van der Waals surface area (Å²) in [6.45, 7) is 9.89. The molecule has 256 valence electrons. The first-order valence-electron chi connectivity index (χ1n) is 15.5. The fourth-order valence-corrected chi connectivity index (χ4v) is 6.02. The van der Waals surface area contributed by atoms with Gasteiger partial charge in [-0.1, -0.05) is 29.8 Å². The molecule has 1 aromatic carbocycles. The van der Waals surface area contributed by atoms with Gasteiger partial charge in [-0.3, -0.25) is 4.79 Å². The van der Waals surface area contributed by atoms with Crippen molar-refractivity contribution in [1.29, 1.82) is 0 Å². The summed E-state index contributed by atoms with van der Waals surface area (Å²) >= 11 is 6.22. The van der Waals surface area contributed by atoms with Crippen LogP contribution in [0.3, 0.4) is 0 Å². The lowest BCUT2D eigenvalue weighted by Gasteiger charge is -2.37. The maximum Gasteiger partial charge on any atom is 0.416 e. The third kappa shape index (κ3) is 6.76. The standard InChI is InChI=1S/C31H35ClF3N9O4/c1-5-23-25(40-10-12-41(13-11-40)29(46)48-30(2,3)4)27(45)44-28(36-26(38-44)19-8-14-47-15-9-19)42(23)17-21-18-43(39-37-21)24-7-6-20(16-22(24)32)31(33,34)35/h6-8,16,18H,5,9-15,17H2,1-4H3. The normalized spacial score (nSPS) is 16.0. The highest BCUT2D eigenvalue weighted by Crippen LogP contribution is 2.33. The zero-order valence-corrected chi connectivity index (χ0v) is 27.7. The molecule has 2 aliphatic heterocycles. The van der Waals surface area contributed by atoms with Crippen LogP contribution in [0.2, 0.25) is 5.02 Å². The van der Waals surface area contributed by atoms with E-state index < -0.39 is 23.4 Å². The van der Waals surface area contributed by atoms with Crippen molar-refractivity contribution in [2.75, 3.05) is 44.3 Å². The monoisotopic (exact) mass is 689 g/mol. The van der Waals surface area contributed by atoms with E-state index >= 15 is 0 Å². The number of piperazine rings is 1. The number of nitrogens with zero attached hydrogens (tertiary/aromatic N) is 9. The molecule has 48 heavy (non-hydrogen) atoms. The lowest BCUT2D eigenvalue weighted by molar-refractivity contribution is -0.137. The number of carbonyl (C=O) groups excluding carboxylic acids is 1. The van der Waals surface area contributed by atoms with Gasteiger partial charge in [0.05, 0.1) is 47.9 Å². The largest absolute Gasteiger partial charge is 0.444 e. The van der Waals surface area contributed by atoms with Gasteiger partial charge in [0.2, 0.25) is 5.78 Å². The summed E-state index contributed by atoms with van der Waals surface area (Å²) in [4.78, 5) is 35.3. The Morgan fingerprint density at radius 1 is 1.12 bits per heavy atom. The second-order valence-electron chi connectivity index (χ2n) is 12.5. The number of hydrogen-bond donors (Lipinski definition) is 0. The molecule has 13 nitrogen and oxygen atoms in total. The third-order valence-electron chi connectivity index (χ3n) is 8.04. The third-order valence-corrected chi connectivity index (χ3v) is 8.34. The fraction of sp³-hybridized carbons (Fsp3) is 0.484. The van der Waals surface area contributed by atoms with Gasteiger partial charge in [0.1, 0.15) is 17.0 Å². The molecule has 0 aliphatic carbocycles. The number of alkyl halides is 3. The van der Waals surface area contributed by atoms with Crippen LogP contribution in [0.5, 0.6) is 0 Å². The van der Waals surface area contributed by atoms with E-state index in [2.05, 4.69) is 15.4 Å². The van der Waals surface area contributed by atoms with Crippen LogP contribution >= 0.6 is 11.6 Å². The molecule has 0 spiro atoms. The molecular formula is C31H35ClF3N9O4. The minimum absolute atomic E-state index is 0.121. The first-order chi connectivity index (χ1) is 22.7.